The first-order chi connectivity index (χ1) is 10.2. The Hall–Kier alpha value is -2.58. The summed E-state index contributed by atoms with van der Waals surface area (Å²) in [6.07, 6.45) is 2.90. The third-order valence-corrected chi connectivity index (χ3v) is 3.35. The highest BCUT2D eigenvalue weighted by Crippen LogP contribution is 2.23. The van der Waals surface area contributed by atoms with E-state index in [1.807, 2.05) is 13.0 Å². The van der Waals surface area contributed by atoms with Crippen molar-refractivity contribution in [2.75, 3.05) is 0 Å². The Kier molecular flexibility index (Phi) is 3.46. The monoisotopic (exact) mass is 298 g/mol. The van der Waals surface area contributed by atoms with Crippen LogP contribution < -0.4 is 4.74 Å². The quantitative estimate of drug-likeness (QED) is 0.743. The molecule has 2 aromatic heterocycles. The van der Waals surface area contributed by atoms with E-state index in [1.54, 1.807) is 35.0 Å². The highest BCUT2D eigenvalue weighted by molar-refractivity contribution is 6.30. The molecule has 1 unspecified atom stereocenters. The van der Waals surface area contributed by atoms with Crippen LogP contribution in [-0.2, 0) is 0 Å². The van der Waals surface area contributed by atoms with Gasteiger partial charge in [-0.1, -0.05) is 11.6 Å². The normalized spacial score (nSPS) is 12.0. The number of fused-ring (bicyclic) bond motifs is 1. The molecular weight excluding hydrogens is 288 g/mol. The Morgan fingerprint density at radius 1 is 1.29 bits per heavy atom. The second-order valence-electron chi connectivity index (χ2n) is 4.49. The molecule has 0 aliphatic heterocycles. The molecule has 21 heavy (non-hydrogen) atoms. The van der Waals surface area contributed by atoms with Gasteiger partial charge in [0.05, 0.1) is 11.9 Å². The predicted molar refractivity (Wildman–Crippen MR) is 78.2 cm³/mol. The van der Waals surface area contributed by atoms with Crippen LogP contribution in [0, 0.1) is 11.3 Å². The van der Waals surface area contributed by atoms with Crippen LogP contribution in [0.3, 0.4) is 0 Å². The first kappa shape index (κ1) is 13.4. The van der Waals surface area contributed by atoms with Crippen molar-refractivity contribution in [2.24, 2.45) is 0 Å². The van der Waals surface area contributed by atoms with Gasteiger partial charge >= 0.3 is 0 Å². The molecule has 0 aliphatic rings. The SMILES string of the molecule is CC(Oc1ccc(Cl)cc1)c1ccnc2c(C#N)cnn12. The van der Waals surface area contributed by atoms with Crippen LogP contribution in [0.2, 0.25) is 5.02 Å². The molecule has 1 atom stereocenters. The molecule has 5 nitrogen and oxygen atoms in total. The first-order valence-corrected chi connectivity index (χ1v) is 6.72. The van der Waals surface area contributed by atoms with Gasteiger partial charge in [0.1, 0.15) is 23.5 Å². The lowest BCUT2D eigenvalue weighted by Gasteiger charge is -2.15. The number of halogens is 1. The summed E-state index contributed by atoms with van der Waals surface area (Å²) in [5, 5.41) is 13.9. The molecule has 0 radical (unpaired) electrons. The molecule has 0 bridgehead atoms. The summed E-state index contributed by atoms with van der Waals surface area (Å²) in [5.74, 6) is 0.713. The van der Waals surface area contributed by atoms with E-state index in [4.69, 9.17) is 21.6 Å². The van der Waals surface area contributed by atoms with E-state index in [-0.39, 0.29) is 6.10 Å². The van der Waals surface area contributed by atoms with Crippen LogP contribution in [-0.4, -0.2) is 14.6 Å². The van der Waals surface area contributed by atoms with E-state index in [2.05, 4.69) is 16.2 Å². The van der Waals surface area contributed by atoms with Crippen LogP contribution in [0.1, 0.15) is 24.3 Å². The van der Waals surface area contributed by atoms with Crippen LogP contribution in [0.15, 0.2) is 42.7 Å². The lowest BCUT2D eigenvalue weighted by atomic mass is 10.2. The average Bonchev–Trinajstić information content (AvgIpc) is 2.92. The van der Waals surface area contributed by atoms with Gasteiger partial charge in [-0.05, 0) is 37.3 Å². The molecule has 3 aromatic rings. The zero-order valence-corrected chi connectivity index (χ0v) is 11.9. The van der Waals surface area contributed by atoms with Crippen molar-refractivity contribution in [3.8, 4) is 11.8 Å². The molecular formula is C15H11ClN4O. The molecule has 1 aromatic carbocycles. The fourth-order valence-corrected chi connectivity index (χ4v) is 2.20. The first-order valence-electron chi connectivity index (χ1n) is 6.34. The van der Waals surface area contributed by atoms with E-state index in [9.17, 15) is 0 Å². The highest BCUT2D eigenvalue weighted by Gasteiger charge is 2.14. The Morgan fingerprint density at radius 3 is 2.76 bits per heavy atom. The summed E-state index contributed by atoms with van der Waals surface area (Å²) < 4.78 is 7.50. The molecule has 0 saturated heterocycles. The number of aromatic nitrogens is 3. The van der Waals surface area contributed by atoms with Crippen LogP contribution in [0.25, 0.3) is 5.65 Å². The fourth-order valence-electron chi connectivity index (χ4n) is 2.07. The van der Waals surface area contributed by atoms with E-state index < -0.39 is 0 Å². The minimum Gasteiger partial charge on any atom is -0.484 e. The van der Waals surface area contributed by atoms with Crippen molar-refractivity contribution in [3.63, 3.8) is 0 Å². The van der Waals surface area contributed by atoms with Gasteiger partial charge in [-0.2, -0.15) is 10.4 Å². The van der Waals surface area contributed by atoms with Gasteiger partial charge in [0, 0.05) is 11.2 Å². The van der Waals surface area contributed by atoms with Gasteiger partial charge in [-0.25, -0.2) is 9.50 Å². The maximum atomic E-state index is 9.03. The standard InChI is InChI=1S/C15H11ClN4O/c1-10(21-13-4-2-12(16)3-5-13)14-6-7-18-15-11(8-17)9-19-20(14)15/h2-7,9-10H,1H3. The van der Waals surface area contributed by atoms with Crippen LogP contribution in [0.4, 0.5) is 0 Å². The highest BCUT2D eigenvalue weighted by atomic mass is 35.5. The zero-order valence-electron chi connectivity index (χ0n) is 11.2. The third-order valence-electron chi connectivity index (χ3n) is 3.09. The molecule has 104 valence electrons. The minimum atomic E-state index is -0.247. The lowest BCUT2D eigenvalue weighted by molar-refractivity contribution is 0.219. The van der Waals surface area contributed by atoms with Gasteiger partial charge in [0.25, 0.3) is 0 Å². The molecule has 6 heteroatoms. The average molecular weight is 299 g/mol. The number of hydrogen-bond acceptors (Lipinski definition) is 4. The van der Waals surface area contributed by atoms with E-state index in [1.165, 1.54) is 6.20 Å². The van der Waals surface area contributed by atoms with Gasteiger partial charge in [0.2, 0.25) is 0 Å². The topological polar surface area (TPSA) is 63.2 Å². The Bertz CT molecular complexity index is 820. The van der Waals surface area contributed by atoms with Crippen LogP contribution in [0.5, 0.6) is 5.75 Å². The number of nitriles is 1. The smallest absolute Gasteiger partial charge is 0.173 e. The second-order valence-corrected chi connectivity index (χ2v) is 4.93. The van der Waals surface area contributed by atoms with Gasteiger partial charge in [0.15, 0.2) is 5.65 Å². The fraction of sp³-hybridized carbons (Fsp3) is 0.133. The van der Waals surface area contributed by atoms with Gasteiger partial charge in [-0.3, -0.25) is 0 Å². The van der Waals surface area contributed by atoms with Crippen molar-refractivity contribution in [1.29, 1.82) is 5.26 Å². The summed E-state index contributed by atoms with van der Waals surface area (Å²) in [6.45, 7) is 1.91. The molecule has 3 rings (SSSR count). The number of benzene rings is 1. The number of ether oxygens (including phenoxy) is 1. The Balaban J connectivity index is 1.94. The van der Waals surface area contributed by atoms with Crippen molar-refractivity contribution >= 4 is 17.2 Å². The molecule has 0 amide bonds. The predicted octanol–water partition coefficient (Wildman–Crippen LogP) is 3.39. The summed E-state index contributed by atoms with van der Waals surface area (Å²) in [4.78, 5) is 4.18. The molecule has 0 fully saturated rings. The summed E-state index contributed by atoms with van der Waals surface area (Å²) in [7, 11) is 0. The van der Waals surface area contributed by atoms with E-state index in [0.717, 1.165) is 5.69 Å². The van der Waals surface area contributed by atoms with Gasteiger partial charge in [-0.15, -0.1) is 0 Å². The van der Waals surface area contributed by atoms with Crippen molar-refractivity contribution in [3.05, 3.63) is 59.0 Å². The van der Waals surface area contributed by atoms with Crippen molar-refractivity contribution in [2.45, 2.75) is 13.0 Å². The molecule has 2 heterocycles. The number of rotatable bonds is 3. The maximum absolute atomic E-state index is 9.03. The van der Waals surface area contributed by atoms with Gasteiger partial charge < -0.3 is 4.74 Å². The maximum Gasteiger partial charge on any atom is 0.173 e. The Labute approximate surface area is 126 Å². The summed E-state index contributed by atoms with van der Waals surface area (Å²) in [6, 6.07) is 11.0. The van der Waals surface area contributed by atoms with E-state index >= 15 is 0 Å². The van der Waals surface area contributed by atoms with Crippen molar-refractivity contribution < 1.29 is 4.74 Å². The number of nitrogens with zero attached hydrogens (tertiary/aromatic N) is 4. The summed E-state index contributed by atoms with van der Waals surface area (Å²) in [5.41, 5.74) is 1.79. The molecule has 0 saturated carbocycles. The number of hydrogen-bond donors (Lipinski definition) is 0. The largest absolute Gasteiger partial charge is 0.484 e. The molecule has 0 spiro atoms. The second kappa shape index (κ2) is 5.43. The molecule has 0 N–H and O–H groups in total. The van der Waals surface area contributed by atoms with Crippen molar-refractivity contribution in [1.82, 2.24) is 14.6 Å². The zero-order chi connectivity index (χ0) is 14.8. The Morgan fingerprint density at radius 2 is 2.05 bits per heavy atom. The minimum absolute atomic E-state index is 0.247. The third kappa shape index (κ3) is 2.54. The lowest BCUT2D eigenvalue weighted by Crippen LogP contribution is -2.09. The van der Waals surface area contributed by atoms with E-state index in [0.29, 0.717) is 22.0 Å². The summed E-state index contributed by atoms with van der Waals surface area (Å²) >= 11 is 5.85. The molecule has 0 aliphatic carbocycles. The van der Waals surface area contributed by atoms with Crippen LogP contribution >= 0.6 is 11.6 Å².